The molecule has 1 aliphatic heterocycles. The molecule has 0 spiro atoms. The standard InChI is InChI=1S/C28H31N7O2/c1-18-8-24(35-7-6-28(17-32-3,27(35)37)23-4-5-23)12-25(34-18)26(36)33-15-20-9-19(13-29)10-21(11-20)22(14-30)16-31-2/h8-12,14,16,23H,3-7,15,17,30H2,1-2H3,(H,33,36)/t28-/m1/s1. The maximum atomic E-state index is 13.5. The lowest BCUT2D eigenvalue weighted by molar-refractivity contribution is -0.126. The Hall–Kier alpha value is -4.32. The summed E-state index contributed by atoms with van der Waals surface area (Å²) < 4.78 is 0. The van der Waals surface area contributed by atoms with Gasteiger partial charge in [0, 0.05) is 49.5 Å². The number of amides is 2. The van der Waals surface area contributed by atoms with Crippen LogP contribution in [-0.2, 0) is 11.3 Å². The third kappa shape index (κ3) is 5.28. The van der Waals surface area contributed by atoms with E-state index in [-0.39, 0.29) is 24.1 Å². The fraction of sp³-hybridized carbons (Fsp3) is 0.357. The van der Waals surface area contributed by atoms with Crippen LogP contribution in [0.3, 0.4) is 0 Å². The van der Waals surface area contributed by atoms with E-state index in [1.54, 1.807) is 43.3 Å². The van der Waals surface area contributed by atoms with Crippen LogP contribution in [-0.4, -0.2) is 49.9 Å². The zero-order valence-corrected chi connectivity index (χ0v) is 21.2. The molecule has 1 saturated heterocycles. The van der Waals surface area contributed by atoms with Crippen LogP contribution in [0.2, 0.25) is 0 Å². The molecular formula is C28H31N7O2. The molecule has 2 aromatic rings. The molecular weight excluding hydrogens is 466 g/mol. The first-order chi connectivity index (χ1) is 17.8. The van der Waals surface area contributed by atoms with Crippen molar-refractivity contribution in [3.05, 3.63) is 64.6 Å². The maximum absolute atomic E-state index is 13.5. The van der Waals surface area contributed by atoms with Crippen LogP contribution in [0.5, 0.6) is 0 Å². The van der Waals surface area contributed by atoms with Gasteiger partial charge in [0.2, 0.25) is 5.91 Å². The van der Waals surface area contributed by atoms with Crippen LogP contribution in [0, 0.1) is 29.6 Å². The summed E-state index contributed by atoms with van der Waals surface area (Å²) in [6, 6.07) is 10.9. The first-order valence-electron chi connectivity index (χ1n) is 12.2. The van der Waals surface area contributed by atoms with Gasteiger partial charge in [0.1, 0.15) is 5.69 Å². The number of nitriles is 1. The molecule has 0 radical (unpaired) electrons. The van der Waals surface area contributed by atoms with Gasteiger partial charge in [-0.1, -0.05) is 0 Å². The molecule has 0 unspecified atom stereocenters. The van der Waals surface area contributed by atoms with Crippen molar-refractivity contribution in [1.29, 1.82) is 5.26 Å². The number of allylic oxidation sites excluding steroid dienone is 1. The van der Waals surface area contributed by atoms with Gasteiger partial charge in [0.25, 0.3) is 5.91 Å². The fourth-order valence-electron chi connectivity index (χ4n) is 5.10. The molecule has 3 N–H and O–H groups in total. The summed E-state index contributed by atoms with van der Waals surface area (Å²) in [6.45, 7) is 6.63. The summed E-state index contributed by atoms with van der Waals surface area (Å²) in [5.41, 5.74) is 9.36. The molecule has 2 fully saturated rings. The monoisotopic (exact) mass is 497 g/mol. The van der Waals surface area contributed by atoms with E-state index in [9.17, 15) is 14.9 Å². The van der Waals surface area contributed by atoms with Crippen LogP contribution in [0.25, 0.3) is 5.57 Å². The van der Waals surface area contributed by atoms with Gasteiger partial charge in [-0.2, -0.15) is 5.26 Å². The summed E-state index contributed by atoms with van der Waals surface area (Å²) in [6.07, 6.45) is 5.85. The van der Waals surface area contributed by atoms with Crippen LogP contribution < -0.4 is 16.0 Å². The second-order valence-corrected chi connectivity index (χ2v) is 9.59. The number of hydrogen-bond donors (Lipinski definition) is 2. The van der Waals surface area contributed by atoms with Gasteiger partial charge in [0.05, 0.1) is 23.6 Å². The van der Waals surface area contributed by atoms with E-state index >= 15 is 0 Å². The second-order valence-electron chi connectivity index (χ2n) is 9.59. The molecule has 2 amide bonds. The van der Waals surface area contributed by atoms with Gasteiger partial charge in [-0.15, -0.1) is 0 Å². The number of aliphatic imine (C=N–C) groups is 2. The topological polar surface area (TPSA) is 137 Å². The number of pyridine rings is 1. The number of nitrogens with one attached hydrogen (secondary N) is 1. The molecule has 9 heteroatoms. The Labute approximate surface area is 216 Å². The molecule has 1 aromatic carbocycles. The number of nitrogens with two attached hydrogens (primary N) is 1. The number of rotatable bonds is 9. The molecule has 2 heterocycles. The van der Waals surface area contributed by atoms with Gasteiger partial charge in [0.15, 0.2) is 0 Å². The Balaban J connectivity index is 1.53. The van der Waals surface area contributed by atoms with Gasteiger partial charge in [-0.3, -0.25) is 19.6 Å². The van der Waals surface area contributed by atoms with Crippen molar-refractivity contribution >= 4 is 36.0 Å². The van der Waals surface area contributed by atoms with Gasteiger partial charge in [-0.25, -0.2) is 4.98 Å². The number of benzene rings is 1. The van der Waals surface area contributed by atoms with Crippen LogP contribution in [0.15, 0.2) is 46.5 Å². The predicted octanol–water partition coefficient (Wildman–Crippen LogP) is 3.03. The normalized spacial score (nSPS) is 19.8. The minimum atomic E-state index is -0.482. The number of aromatic nitrogens is 1. The lowest BCUT2D eigenvalue weighted by Gasteiger charge is -2.26. The quantitative estimate of drug-likeness (QED) is 0.513. The molecule has 2 aliphatic rings. The fourth-order valence-corrected chi connectivity index (χ4v) is 5.10. The molecule has 9 nitrogen and oxygen atoms in total. The molecule has 1 aromatic heterocycles. The van der Waals surface area contributed by atoms with E-state index < -0.39 is 5.41 Å². The van der Waals surface area contributed by atoms with E-state index in [2.05, 4.69) is 33.1 Å². The molecule has 37 heavy (non-hydrogen) atoms. The zero-order valence-electron chi connectivity index (χ0n) is 21.2. The van der Waals surface area contributed by atoms with Gasteiger partial charge < -0.3 is 16.0 Å². The third-order valence-electron chi connectivity index (χ3n) is 7.04. The van der Waals surface area contributed by atoms with E-state index in [0.717, 1.165) is 30.4 Å². The van der Waals surface area contributed by atoms with Crippen molar-refractivity contribution < 1.29 is 9.59 Å². The molecule has 1 aliphatic carbocycles. The molecule has 4 rings (SSSR count). The number of aryl methyl sites for hydroxylation is 1. The maximum Gasteiger partial charge on any atom is 0.270 e. The molecule has 1 atom stereocenters. The van der Waals surface area contributed by atoms with Crippen molar-refractivity contribution in [2.24, 2.45) is 27.1 Å². The van der Waals surface area contributed by atoms with Crippen LogP contribution in [0.1, 0.15) is 52.1 Å². The van der Waals surface area contributed by atoms with Crippen molar-refractivity contribution in [2.75, 3.05) is 25.0 Å². The number of anilines is 1. The average Bonchev–Trinajstić information content (AvgIpc) is 3.70. The predicted molar refractivity (Wildman–Crippen MR) is 144 cm³/mol. The van der Waals surface area contributed by atoms with Crippen molar-refractivity contribution in [2.45, 2.75) is 32.7 Å². The van der Waals surface area contributed by atoms with Crippen molar-refractivity contribution in [3.8, 4) is 6.07 Å². The lowest BCUT2D eigenvalue weighted by Crippen LogP contribution is -2.38. The second kappa shape index (κ2) is 10.7. The van der Waals surface area contributed by atoms with Crippen LogP contribution >= 0.6 is 0 Å². The first-order valence-corrected chi connectivity index (χ1v) is 12.2. The Morgan fingerprint density at radius 3 is 2.78 bits per heavy atom. The average molecular weight is 498 g/mol. The highest BCUT2D eigenvalue weighted by atomic mass is 16.2. The molecule has 0 bridgehead atoms. The summed E-state index contributed by atoms with van der Waals surface area (Å²) >= 11 is 0. The van der Waals surface area contributed by atoms with Gasteiger partial charge in [-0.05, 0) is 80.3 Å². The Bertz CT molecular complexity index is 1340. The highest BCUT2D eigenvalue weighted by Gasteiger charge is 2.55. The van der Waals surface area contributed by atoms with E-state index in [4.69, 9.17) is 5.73 Å². The largest absolute Gasteiger partial charge is 0.404 e. The molecule has 190 valence electrons. The zero-order chi connectivity index (χ0) is 26.6. The van der Waals surface area contributed by atoms with Crippen LogP contribution in [0.4, 0.5) is 5.69 Å². The number of carbonyl (C=O) groups excluding carboxylic acids is 2. The number of carbonyl (C=O) groups is 2. The van der Waals surface area contributed by atoms with Gasteiger partial charge >= 0.3 is 0 Å². The SMILES string of the molecule is C=NC[C@@]1(C2CC2)CCN(c2cc(C)nc(C(=O)NCc3cc(C#N)cc(C(C=NC)=CN)c3)c2)C1=O. The van der Waals surface area contributed by atoms with Crippen molar-refractivity contribution in [3.63, 3.8) is 0 Å². The Morgan fingerprint density at radius 2 is 2.14 bits per heavy atom. The van der Waals surface area contributed by atoms with E-state index in [1.807, 2.05) is 12.1 Å². The molecule has 1 saturated carbocycles. The summed E-state index contributed by atoms with van der Waals surface area (Å²) in [5, 5.41) is 12.3. The minimum Gasteiger partial charge on any atom is -0.404 e. The van der Waals surface area contributed by atoms with Crippen molar-refractivity contribution in [1.82, 2.24) is 10.3 Å². The third-order valence-corrected chi connectivity index (χ3v) is 7.04. The number of hydrogen-bond acceptors (Lipinski definition) is 7. The first kappa shape index (κ1) is 25.8. The summed E-state index contributed by atoms with van der Waals surface area (Å²) in [5.74, 6) is 0.0412. The Kier molecular flexibility index (Phi) is 7.48. The summed E-state index contributed by atoms with van der Waals surface area (Å²) in [4.78, 5) is 40.8. The lowest BCUT2D eigenvalue weighted by atomic mass is 9.81. The number of nitrogens with zero attached hydrogens (tertiary/aromatic N) is 5. The highest BCUT2D eigenvalue weighted by molar-refractivity contribution is 6.09. The van der Waals surface area contributed by atoms with E-state index in [1.165, 1.54) is 6.20 Å². The summed E-state index contributed by atoms with van der Waals surface area (Å²) in [7, 11) is 1.64. The van der Waals surface area contributed by atoms with E-state index in [0.29, 0.717) is 41.5 Å². The smallest absolute Gasteiger partial charge is 0.270 e. The minimum absolute atomic E-state index is 0.0552. The highest BCUT2D eigenvalue weighted by Crippen LogP contribution is 2.52. The Morgan fingerprint density at radius 1 is 1.35 bits per heavy atom.